The summed E-state index contributed by atoms with van der Waals surface area (Å²) in [5.74, 6) is 1.39. The second kappa shape index (κ2) is 5.54. The molecule has 15 heavy (non-hydrogen) atoms. The molecular weight excluding hydrogens is 188 g/mol. The quantitative estimate of drug-likeness (QED) is 0.691. The number of aldehydes is 1. The summed E-state index contributed by atoms with van der Waals surface area (Å²) >= 11 is 0. The minimum absolute atomic E-state index is 0.187. The second-order valence-corrected chi connectivity index (χ2v) is 4.25. The lowest BCUT2D eigenvalue weighted by Crippen LogP contribution is -2.14. The minimum atomic E-state index is 0.187. The zero-order valence-corrected chi connectivity index (χ0v) is 9.57. The van der Waals surface area contributed by atoms with Gasteiger partial charge in [-0.15, -0.1) is 0 Å². The number of ether oxygens (including phenoxy) is 1. The first-order chi connectivity index (χ1) is 7.11. The van der Waals surface area contributed by atoms with E-state index in [1.807, 2.05) is 19.1 Å². The summed E-state index contributed by atoms with van der Waals surface area (Å²) in [5, 5.41) is 0. The fourth-order valence-corrected chi connectivity index (χ4v) is 1.61. The zero-order valence-electron chi connectivity index (χ0n) is 9.57. The van der Waals surface area contributed by atoms with Crippen molar-refractivity contribution in [1.29, 1.82) is 0 Å². The Bertz CT molecular complexity index is 318. The monoisotopic (exact) mass is 206 g/mol. The lowest BCUT2D eigenvalue weighted by Gasteiger charge is -2.16. The number of rotatable bonds is 5. The molecule has 0 heterocycles. The molecule has 1 atom stereocenters. The Morgan fingerprint density at radius 2 is 2.07 bits per heavy atom. The van der Waals surface area contributed by atoms with Gasteiger partial charge in [0.05, 0.1) is 6.10 Å². The van der Waals surface area contributed by atoms with E-state index in [0.29, 0.717) is 11.5 Å². The summed E-state index contributed by atoms with van der Waals surface area (Å²) in [6.45, 7) is 6.39. The van der Waals surface area contributed by atoms with Gasteiger partial charge in [0.2, 0.25) is 0 Å². The zero-order chi connectivity index (χ0) is 11.3. The van der Waals surface area contributed by atoms with Crippen molar-refractivity contribution in [2.45, 2.75) is 33.3 Å². The van der Waals surface area contributed by atoms with Gasteiger partial charge in [-0.25, -0.2) is 0 Å². The molecule has 1 aromatic rings. The van der Waals surface area contributed by atoms with Crippen LogP contribution in [-0.4, -0.2) is 12.4 Å². The van der Waals surface area contributed by atoms with Gasteiger partial charge in [0.15, 0.2) is 0 Å². The van der Waals surface area contributed by atoms with Crippen molar-refractivity contribution in [3.63, 3.8) is 0 Å². The summed E-state index contributed by atoms with van der Waals surface area (Å²) in [6, 6.07) is 7.25. The average molecular weight is 206 g/mol. The van der Waals surface area contributed by atoms with Crippen LogP contribution in [0.5, 0.6) is 5.75 Å². The molecule has 0 bridgehead atoms. The Kier molecular flexibility index (Phi) is 4.35. The number of benzene rings is 1. The highest BCUT2D eigenvalue weighted by Gasteiger charge is 2.06. The Morgan fingerprint density at radius 1 is 1.33 bits per heavy atom. The van der Waals surface area contributed by atoms with Crippen LogP contribution in [0, 0.1) is 5.92 Å². The van der Waals surface area contributed by atoms with E-state index in [1.54, 1.807) is 12.1 Å². The third kappa shape index (κ3) is 4.15. The number of carbonyl (C=O) groups is 1. The molecule has 0 spiro atoms. The maximum absolute atomic E-state index is 10.6. The SMILES string of the molecule is CC(C)CC(C)Oc1cccc(C=O)c1. The molecule has 0 saturated carbocycles. The molecule has 0 fully saturated rings. The highest BCUT2D eigenvalue weighted by atomic mass is 16.5. The van der Waals surface area contributed by atoms with Gasteiger partial charge in [-0.2, -0.15) is 0 Å². The molecule has 0 aliphatic carbocycles. The van der Waals surface area contributed by atoms with Gasteiger partial charge in [0.25, 0.3) is 0 Å². The summed E-state index contributed by atoms with van der Waals surface area (Å²) in [6.07, 6.45) is 2.04. The van der Waals surface area contributed by atoms with Gasteiger partial charge in [-0.3, -0.25) is 4.79 Å². The molecular formula is C13H18O2. The lowest BCUT2D eigenvalue weighted by atomic mass is 10.1. The molecule has 0 aliphatic heterocycles. The van der Waals surface area contributed by atoms with Crippen LogP contribution >= 0.6 is 0 Å². The van der Waals surface area contributed by atoms with Crippen LogP contribution in [0.25, 0.3) is 0 Å². The average Bonchev–Trinajstić information content (AvgIpc) is 2.16. The lowest BCUT2D eigenvalue weighted by molar-refractivity contribution is 0.112. The fraction of sp³-hybridized carbons (Fsp3) is 0.462. The van der Waals surface area contributed by atoms with Gasteiger partial charge < -0.3 is 4.74 Å². The predicted molar refractivity (Wildman–Crippen MR) is 61.4 cm³/mol. The molecule has 1 aromatic carbocycles. The van der Waals surface area contributed by atoms with Crippen LogP contribution < -0.4 is 4.74 Å². The van der Waals surface area contributed by atoms with Gasteiger partial charge in [-0.05, 0) is 31.4 Å². The molecule has 0 radical (unpaired) electrons. The third-order valence-corrected chi connectivity index (χ3v) is 2.13. The van der Waals surface area contributed by atoms with Gasteiger partial charge in [0.1, 0.15) is 12.0 Å². The Balaban J connectivity index is 2.59. The van der Waals surface area contributed by atoms with Crippen molar-refractivity contribution in [2.75, 3.05) is 0 Å². The van der Waals surface area contributed by atoms with Crippen LogP contribution in [-0.2, 0) is 0 Å². The second-order valence-electron chi connectivity index (χ2n) is 4.25. The Morgan fingerprint density at radius 3 is 2.67 bits per heavy atom. The molecule has 0 N–H and O–H groups in total. The van der Waals surface area contributed by atoms with E-state index in [2.05, 4.69) is 13.8 Å². The molecule has 82 valence electrons. The van der Waals surface area contributed by atoms with E-state index >= 15 is 0 Å². The molecule has 2 heteroatoms. The van der Waals surface area contributed by atoms with Gasteiger partial charge in [0, 0.05) is 5.56 Å². The highest BCUT2D eigenvalue weighted by molar-refractivity contribution is 5.75. The molecule has 1 rings (SSSR count). The van der Waals surface area contributed by atoms with E-state index < -0.39 is 0 Å². The molecule has 1 unspecified atom stereocenters. The molecule has 0 aromatic heterocycles. The standard InChI is InChI=1S/C13H18O2/c1-10(2)7-11(3)15-13-6-4-5-12(8-13)9-14/h4-6,8-11H,7H2,1-3H3. The van der Waals surface area contributed by atoms with Crippen molar-refractivity contribution >= 4 is 6.29 Å². The van der Waals surface area contributed by atoms with Crippen molar-refractivity contribution in [3.8, 4) is 5.75 Å². The third-order valence-electron chi connectivity index (χ3n) is 2.13. The first-order valence-electron chi connectivity index (χ1n) is 5.33. The van der Waals surface area contributed by atoms with Crippen LogP contribution in [0.1, 0.15) is 37.6 Å². The van der Waals surface area contributed by atoms with Crippen molar-refractivity contribution < 1.29 is 9.53 Å². The summed E-state index contributed by atoms with van der Waals surface area (Å²) in [4.78, 5) is 10.6. The van der Waals surface area contributed by atoms with E-state index in [1.165, 1.54) is 0 Å². The molecule has 2 nitrogen and oxygen atoms in total. The Labute approximate surface area is 91.3 Å². The van der Waals surface area contributed by atoms with Crippen LogP contribution in [0.3, 0.4) is 0 Å². The van der Waals surface area contributed by atoms with Crippen molar-refractivity contribution in [2.24, 2.45) is 5.92 Å². The van der Waals surface area contributed by atoms with E-state index in [9.17, 15) is 4.79 Å². The highest BCUT2D eigenvalue weighted by Crippen LogP contribution is 2.16. The summed E-state index contributed by atoms with van der Waals surface area (Å²) in [7, 11) is 0. The largest absolute Gasteiger partial charge is 0.491 e. The summed E-state index contributed by atoms with van der Waals surface area (Å²) < 4.78 is 5.71. The van der Waals surface area contributed by atoms with Gasteiger partial charge in [-0.1, -0.05) is 26.0 Å². The smallest absolute Gasteiger partial charge is 0.150 e. The first-order valence-corrected chi connectivity index (χ1v) is 5.33. The fourth-order valence-electron chi connectivity index (χ4n) is 1.61. The molecule has 0 amide bonds. The predicted octanol–water partition coefficient (Wildman–Crippen LogP) is 3.31. The van der Waals surface area contributed by atoms with Crippen molar-refractivity contribution in [1.82, 2.24) is 0 Å². The van der Waals surface area contributed by atoms with E-state index in [0.717, 1.165) is 18.5 Å². The van der Waals surface area contributed by atoms with Crippen LogP contribution in [0.4, 0.5) is 0 Å². The number of hydrogen-bond donors (Lipinski definition) is 0. The molecule has 0 aliphatic rings. The van der Waals surface area contributed by atoms with Crippen molar-refractivity contribution in [3.05, 3.63) is 29.8 Å². The number of hydrogen-bond acceptors (Lipinski definition) is 2. The number of carbonyl (C=O) groups excluding carboxylic acids is 1. The van der Waals surface area contributed by atoms with Gasteiger partial charge >= 0.3 is 0 Å². The van der Waals surface area contributed by atoms with E-state index in [4.69, 9.17) is 4.74 Å². The minimum Gasteiger partial charge on any atom is -0.491 e. The topological polar surface area (TPSA) is 26.3 Å². The summed E-state index contributed by atoms with van der Waals surface area (Å²) in [5.41, 5.74) is 0.657. The maximum atomic E-state index is 10.6. The molecule has 0 saturated heterocycles. The van der Waals surface area contributed by atoms with Crippen LogP contribution in [0.15, 0.2) is 24.3 Å². The normalized spacial score (nSPS) is 12.5. The first kappa shape index (κ1) is 11.8. The Hall–Kier alpha value is -1.31. The van der Waals surface area contributed by atoms with Crippen LogP contribution in [0.2, 0.25) is 0 Å². The van der Waals surface area contributed by atoms with E-state index in [-0.39, 0.29) is 6.10 Å². The maximum Gasteiger partial charge on any atom is 0.150 e.